The summed E-state index contributed by atoms with van der Waals surface area (Å²) in [4.78, 5) is 48.7. The van der Waals surface area contributed by atoms with Gasteiger partial charge < -0.3 is 15.5 Å². The van der Waals surface area contributed by atoms with E-state index in [-0.39, 0.29) is 17.0 Å². The molecule has 0 fully saturated rings. The molecule has 0 saturated heterocycles. The Kier molecular flexibility index (Phi) is 7.97. The summed E-state index contributed by atoms with van der Waals surface area (Å²) in [5, 5.41) is 32.4. The molecule has 4 N–H and O–H groups in total. The van der Waals surface area contributed by atoms with E-state index in [9.17, 15) is 24.3 Å². The van der Waals surface area contributed by atoms with Crippen LogP contribution in [0.3, 0.4) is 0 Å². The van der Waals surface area contributed by atoms with Gasteiger partial charge in [-0.3, -0.25) is 14.9 Å². The first-order valence-corrected chi connectivity index (χ1v) is 11.7. The molecule has 3 rings (SSSR count). The summed E-state index contributed by atoms with van der Waals surface area (Å²) in [5.74, 6) is -3.63. The Hall–Kier alpha value is -3.77. The van der Waals surface area contributed by atoms with Crippen molar-refractivity contribution >= 4 is 57.7 Å². The van der Waals surface area contributed by atoms with Crippen LogP contribution in [-0.4, -0.2) is 49.4 Å². The number of hydrogen-bond donors (Lipinski definition) is 4. The summed E-state index contributed by atoms with van der Waals surface area (Å²) in [5.41, 5.74) is -0.435. The number of anilines is 2. The van der Waals surface area contributed by atoms with Crippen molar-refractivity contribution in [3.8, 4) is 0 Å². The van der Waals surface area contributed by atoms with Crippen molar-refractivity contribution in [2.75, 3.05) is 10.6 Å². The topological polar surface area (TPSA) is 159 Å². The first-order valence-electron chi connectivity index (χ1n) is 9.97. The van der Waals surface area contributed by atoms with Crippen molar-refractivity contribution in [2.45, 2.75) is 30.4 Å². The van der Waals surface area contributed by atoms with E-state index in [1.165, 1.54) is 29.2 Å². The minimum Gasteiger partial charge on any atom is -0.478 e. The Morgan fingerprint density at radius 1 is 1.00 bits per heavy atom. The highest BCUT2D eigenvalue weighted by Gasteiger charge is 2.21. The van der Waals surface area contributed by atoms with Gasteiger partial charge in [0.25, 0.3) is 5.91 Å². The monoisotopic (exact) mass is 500 g/mol. The molecule has 2 aromatic carbocycles. The smallest absolute Gasteiger partial charge is 0.336 e. The number of rotatable bonds is 9. The Morgan fingerprint density at radius 2 is 1.76 bits per heavy atom. The maximum absolute atomic E-state index is 12.7. The molecule has 0 aliphatic rings. The van der Waals surface area contributed by atoms with Gasteiger partial charge in [-0.05, 0) is 49.7 Å². The van der Waals surface area contributed by atoms with Gasteiger partial charge >= 0.3 is 11.9 Å². The minimum absolute atomic E-state index is 0.172. The summed E-state index contributed by atoms with van der Waals surface area (Å²) in [6, 6.07) is 10.0. The molecule has 1 unspecified atom stereocenters. The second kappa shape index (κ2) is 10.9. The SMILES string of the molecule is CCC(Sc1cccc(NC(=O)c2ccc(C(=O)O)cc2C(=O)O)c1)C(=O)Nc1nnc(C)s1. The fourth-order valence-electron chi connectivity index (χ4n) is 2.92. The van der Waals surface area contributed by atoms with Crippen LogP contribution in [0.1, 0.15) is 49.4 Å². The van der Waals surface area contributed by atoms with Crippen LogP contribution in [0.4, 0.5) is 10.8 Å². The molecular weight excluding hydrogens is 480 g/mol. The van der Waals surface area contributed by atoms with E-state index < -0.39 is 28.7 Å². The lowest BCUT2D eigenvalue weighted by molar-refractivity contribution is -0.115. The number of nitrogens with zero attached hydrogens (tertiary/aromatic N) is 2. The zero-order chi connectivity index (χ0) is 24.8. The average Bonchev–Trinajstić information content (AvgIpc) is 3.21. The molecule has 1 heterocycles. The Labute approximate surface area is 202 Å². The molecule has 34 heavy (non-hydrogen) atoms. The number of aromatic carboxylic acids is 2. The molecule has 0 aliphatic carbocycles. The maximum Gasteiger partial charge on any atom is 0.336 e. The van der Waals surface area contributed by atoms with Crippen molar-refractivity contribution in [3.63, 3.8) is 0 Å². The lowest BCUT2D eigenvalue weighted by Crippen LogP contribution is -2.24. The molecule has 0 spiro atoms. The predicted octanol–water partition coefficient (Wildman–Crippen LogP) is 4.00. The van der Waals surface area contributed by atoms with Gasteiger partial charge in [0.05, 0.1) is 21.9 Å². The number of carboxylic acids is 2. The molecule has 12 heteroatoms. The molecule has 1 atom stereocenters. The van der Waals surface area contributed by atoms with E-state index >= 15 is 0 Å². The van der Waals surface area contributed by atoms with Crippen LogP contribution in [0.25, 0.3) is 0 Å². The highest BCUT2D eigenvalue weighted by atomic mass is 32.2. The highest BCUT2D eigenvalue weighted by molar-refractivity contribution is 8.00. The largest absolute Gasteiger partial charge is 0.478 e. The van der Waals surface area contributed by atoms with E-state index in [0.29, 0.717) is 22.1 Å². The molecule has 0 bridgehead atoms. The standard InChI is InChI=1S/C22H20N4O6S2/c1-3-17(19(28)24-22-26-25-11(2)33-22)34-14-6-4-5-13(10-14)23-18(27)15-8-7-12(20(29)30)9-16(15)21(31)32/h4-10,17H,3H2,1-2H3,(H,23,27)(H,29,30)(H,31,32)(H,24,26,28). The van der Waals surface area contributed by atoms with Gasteiger partial charge in [-0.2, -0.15) is 0 Å². The molecule has 0 radical (unpaired) electrons. The molecular formula is C22H20N4O6S2. The van der Waals surface area contributed by atoms with E-state index in [2.05, 4.69) is 20.8 Å². The van der Waals surface area contributed by atoms with Crippen molar-refractivity contribution in [1.82, 2.24) is 10.2 Å². The Morgan fingerprint density at radius 3 is 2.38 bits per heavy atom. The van der Waals surface area contributed by atoms with Gasteiger partial charge in [0.15, 0.2) is 0 Å². The normalized spacial score (nSPS) is 11.5. The van der Waals surface area contributed by atoms with Crippen LogP contribution in [0.2, 0.25) is 0 Å². The zero-order valence-electron chi connectivity index (χ0n) is 18.1. The summed E-state index contributed by atoms with van der Waals surface area (Å²) in [6.45, 7) is 3.67. The van der Waals surface area contributed by atoms with Crippen LogP contribution in [-0.2, 0) is 4.79 Å². The van der Waals surface area contributed by atoms with Gasteiger partial charge in [-0.15, -0.1) is 22.0 Å². The fourth-order valence-corrected chi connectivity index (χ4v) is 4.53. The third-order valence-electron chi connectivity index (χ3n) is 4.53. The number of carbonyl (C=O) groups excluding carboxylic acids is 2. The summed E-state index contributed by atoms with van der Waals surface area (Å²) in [6.07, 6.45) is 0.544. The Balaban J connectivity index is 1.74. The summed E-state index contributed by atoms with van der Waals surface area (Å²) < 4.78 is 0. The molecule has 176 valence electrons. The number of carboxylic acid groups (broad SMARTS) is 2. The second-order valence-electron chi connectivity index (χ2n) is 6.98. The van der Waals surface area contributed by atoms with Gasteiger partial charge in [0, 0.05) is 10.6 Å². The van der Waals surface area contributed by atoms with Gasteiger partial charge in [0.1, 0.15) is 5.01 Å². The molecule has 10 nitrogen and oxygen atoms in total. The lowest BCUT2D eigenvalue weighted by atomic mass is 10.0. The van der Waals surface area contributed by atoms with Crippen LogP contribution in [0.15, 0.2) is 47.4 Å². The quantitative estimate of drug-likeness (QED) is 0.318. The number of aromatic nitrogens is 2. The van der Waals surface area contributed by atoms with Crippen molar-refractivity contribution < 1.29 is 29.4 Å². The summed E-state index contributed by atoms with van der Waals surface area (Å²) in [7, 11) is 0. The first kappa shape index (κ1) is 24.9. The van der Waals surface area contributed by atoms with Crippen LogP contribution < -0.4 is 10.6 Å². The minimum atomic E-state index is -1.42. The maximum atomic E-state index is 12.7. The lowest BCUT2D eigenvalue weighted by Gasteiger charge is -2.14. The average molecular weight is 501 g/mol. The number of hydrogen-bond acceptors (Lipinski definition) is 8. The number of aryl methyl sites for hydroxylation is 1. The second-order valence-corrected chi connectivity index (χ2v) is 9.44. The Bertz CT molecular complexity index is 1260. The van der Waals surface area contributed by atoms with Crippen molar-refractivity contribution in [2.24, 2.45) is 0 Å². The zero-order valence-corrected chi connectivity index (χ0v) is 19.7. The van der Waals surface area contributed by atoms with E-state index in [4.69, 9.17) is 5.11 Å². The number of carbonyl (C=O) groups is 4. The number of benzene rings is 2. The third-order valence-corrected chi connectivity index (χ3v) is 6.64. The highest BCUT2D eigenvalue weighted by Crippen LogP contribution is 2.29. The van der Waals surface area contributed by atoms with E-state index in [1.54, 1.807) is 31.2 Å². The molecule has 0 aliphatic heterocycles. The number of amides is 2. The van der Waals surface area contributed by atoms with Crippen molar-refractivity contribution in [3.05, 3.63) is 64.2 Å². The van der Waals surface area contributed by atoms with Crippen LogP contribution >= 0.6 is 23.1 Å². The number of nitrogens with one attached hydrogen (secondary N) is 2. The summed E-state index contributed by atoms with van der Waals surface area (Å²) >= 11 is 2.58. The van der Waals surface area contributed by atoms with Crippen LogP contribution in [0, 0.1) is 6.92 Å². The predicted molar refractivity (Wildman–Crippen MR) is 128 cm³/mol. The van der Waals surface area contributed by atoms with Gasteiger partial charge in [-0.25, -0.2) is 9.59 Å². The fraction of sp³-hybridized carbons (Fsp3) is 0.182. The number of thioether (sulfide) groups is 1. The van der Waals surface area contributed by atoms with Crippen LogP contribution in [0.5, 0.6) is 0 Å². The third kappa shape index (κ3) is 6.17. The van der Waals surface area contributed by atoms with E-state index in [1.807, 2.05) is 6.92 Å². The first-order chi connectivity index (χ1) is 16.2. The molecule has 2 amide bonds. The van der Waals surface area contributed by atoms with Gasteiger partial charge in [-0.1, -0.05) is 24.3 Å². The van der Waals surface area contributed by atoms with Crippen molar-refractivity contribution in [1.29, 1.82) is 0 Å². The molecule has 3 aromatic rings. The van der Waals surface area contributed by atoms with Gasteiger partial charge in [0.2, 0.25) is 11.0 Å². The molecule has 1 aromatic heterocycles. The van der Waals surface area contributed by atoms with E-state index in [0.717, 1.165) is 17.1 Å². The molecule has 0 saturated carbocycles.